The summed E-state index contributed by atoms with van der Waals surface area (Å²) in [7, 11) is 0. The number of alkyl halides is 1. The van der Waals surface area contributed by atoms with Crippen molar-refractivity contribution in [2.75, 3.05) is 18.6 Å². The minimum absolute atomic E-state index is 0.0612. The molecule has 0 bridgehead atoms. The number of Topliss-reactive ketones (excluding diaryl/α,β-unsaturated/α-hetero) is 1. The van der Waals surface area contributed by atoms with E-state index in [2.05, 4.69) is 5.32 Å². The molecule has 0 atom stereocenters. The Labute approximate surface area is 85.0 Å². The van der Waals surface area contributed by atoms with Crippen LogP contribution in [0.2, 0.25) is 0 Å². The average Bonchev–Trinajstić information content (AvgIpc) is 2.52. The first-order valence-electron chi connectivity index (χ1n) is 4.41. The van der Waals surface area contributed by atoms with E-state index in [1.807, 2.05) is 0 Å². The first kappa shape index (κ1) is 9.64. The van der Waals surface area contributed by atoms with Gasteiger partial charge in [0.2, 0.25) is 0 Å². The number of carbonyl (C=O) groups is 2. The average molecular weight is 209 g/mol. The molecule has 0 aromatic heterocycles. The molecule has 1 amide bonds. The molecule has 0 fully saturated rings. The number of rotatable bonds is 3. The standard InChI is InChI=1S/C10H8FNO3/c11-3-4-15-6-1-2-8-7(5-6)9(13)10(14)12-8/h1-2,5H,3-4H2,(H,12,13,14). The maximum atomic E-state index is 11.8. The van der Waals surface area contributed by atoms with Crippen molar-refractivity contribution in [3.63, 3.8) is 0 Å². The fourth-order valence-corrected chi connectivity index (χ4v) is 1.37. The predicted molar refractivity (Wildman–Crippen MR) is 50.9 cm³/mol. The third kappa shape index (κ3) is 1.68. The quantitative estimate of drug-likeness (QED) is 0.760. The van der Waals surface area contributed by atoms with Gasteiger partial charge < -0.3 is 10.1 Å². The van der Waals surface area contributed by atoms with Crippen LogP contribution in [0.4, 0.5) is 10.1 Å². The number of hydrogen-bond donors (Lipinski definition) is 1. The normalized spacial score (nSPS) is 13.7. The van der Waals surface area contributed by atoms with Gasteiger partial charge in [-0.05, 0) is 18.2 Å². The summed E-state index contributed by atoms with van der Waals surface area (Å²) in [6.07, 6.45) is 0. The van der Waals surface area contributed by atoms with Crippen LogP contribution >= 0.6 is 0 Å². The van der Waals surface area contributed by atoms with Gasteiger partial charge in [-0.15, -0.1) is 0 Å². The number of halogens is 1. The molecule has 0 radical (unpaired) electrons. The Morgan fingerprint density at radius 1 is 1.33 bits per heavy atom. The van der Waals surface area contributed by atoms with E-state index >= 15 is 0 Å². The summed E-state index contributed by atoms with van der Waals surface area (Å²) in [6, 6.07) is 4.57. The first-order chi connectivity index (χ1) is 7.22. The Kier molecular flexibility index (Phi) is 2.37. The number of hydrogen-bond acceptors (Lipinski definition) is 3. The Morgan fingerprint density at radius 3 is 2.87 bits per heavy atom. The zero-order valence-electron chi connectivity index (χ0n) is 7.75. The molecule has 1 aliphatic heterocycles. The van der Waals surface area contributed by atoms with Crippen molar-refractivity contribution in [1.29, 1.82) is 0 Å². The van der Waals surface area contributed by atoms with Crippen molar-refractivity contribution < 1.29 is 18.7 Å². The molecular weight excluding hydrogens is 201 g/mol. The van der Waals surface area contributed by atoms with Crippen LogP contribution in [0, 0.1) is 0 Å². The highest BCUT2D eigenvalue weighted by Crippen LogP contribution is 2.27. The van der Waals surface area contributed by atoms with Gasteiger partial charge in [0, 0.05) is 0 Å². The molecule has 2 rings (SSSR count). The number of nitrogens with one attached hydrogen (secondary N) is 1. The molecule has 1 aromatic rings. The van der Waals surface area contributed by atoms with Gasteiger partial charge in [0.15, 0.2) is 0 Å². The molecule has 0 saturated heterocycles. The lowest BCUT2D eigenvalue weighted by Gasteiger charge is -2.04. The van der Waals surface area contributed by atoms with E-state index < -0.39 is 18.4 Å². The molecule has 0 aliphatic carbocycles. The van der Waals surface area contributed by atoms with E-state index in [4.69, 9.17) is 4.74 Å². The molecule has 0 saturated carbocycles. The van der Waals surface area contributed by atoms with Crippen LogP contribution in [0.3, 0.4) is 0 Å². The summed E-state index contributed by atoms with van der Waals surface area (Å²) in [4.78, 5) is 22.3. The lowest BCUT2D eigenvalue weighted by atomic mass is 10.1. The Morgan fingerprint density at radius 2 is 2.13 bits per heavy atom. The Balaban J connectivity index is 2.27. The van der Waals surface area contributed by atoms with Gasteiger partial charge >= 0.3 is 0 Å². The van der Waals surface area contributed by atoms with Gasteiger partial charge in [0.1, 0.15) is 19.0 Å². The van der Waals surface area contributed by atoms with Gasteiger partial charge in [-0.25, -0.2) is 4.39 Å². The van der Waals surface area contributed by atoms with Gasteiger partial charge in [-0.3, -0.25) is 9.59 Å². The van der Waals surface area contributed by atoms with Crippen LogP contribution in [0.25, 0.3) is 0 Å². The van der Waals surface area contributed by atoms with Crippen molar-refractivity contribution in [1.82, 2.24) is 0 Å². The molecule has 1 aliphatic rings. The molecule has 0 spiro atoms. The van der Waals surface area contributed by atoms with Crippen LogP contribution in [0.1, 0.15) is 10.4 Å². The number of carbonyl (C=O) groups excluding carboxylic acids is 2. The topological polar surface area (TPSA) is 55.4 Å². The van der Waals surface area contributed by atoms with Gasteiger partial charge in [-0.2, -0.15) is 0 Å². The van der Waals surface area contributed by atoms with Crippen LogP contribution in [-0.4, -0.2) is 25.0 Å². The molecule has 15 heavy (non-hydrogen) atoms. The maximum absolute atomic E-state index is 11.8. The number of ketones is 1. The van der Waals surface area contributed by atoms with E-state index in [1.165, 1.54) is 6.07 Å². The second kappa shape index (κ2) is 3.68. The van der Waals surface area contributed by atoms with Crippen molar-refractivity contribution >= 4 is 17.4 Å². The summed E-state index contributed by atoms with van der Waals surface area (Å²) < 4.78 is 16.8. The Bertz CT molecular complexity index is 431. The van der Waals surface area contributed by atoms with E-state index in [0.717, 1.165) is 0 Å². The number of anilines is 1. The minimum atomic E-state index is -0.646. The molecule has 1 heterocycles. The summed E-state index contributed by atoms with van der Waals surface area (Å²) in [6.45, 7) is -0.656. The van der Waals surface area contributed by atoms with Crippen molar-refractivity contribution in [2.24, 2.45) is 0 Å². The zero-order chi connectivity index (χ0) is 10.8. The number of amides is 1. The smallest absolute Gasteiger partial charge is 0.296 e. The SMILES string of the molecule is O=C1Nc2ccc(OCCF)cc2C1=O. The second-order valence-corrected chi connectivity index (χ2v) is 3.03. The molecule has 1 aromatic carbocycles. The molecule has 0 unspecified atom stereocenters. The summed E-state index contributed by atoms with van der Waals surface area (Å²) in [5, 5.41) is 2.41. The Hall–Kier alpha value is -1.91. The monoisotopic (exact) mass is 209 g/mol. The minimum Gasteiger partial charge on any atom is -0.491 e. The molecule has 78 valence electrons. The molecule has 5 heteroatoms. The van der Waals surface area contributed by atoms with Crippen molar-refractivity contribution in [3.8, 4) is 5.75 Å². The van der Waals surface area contributed by atoms with Gasteiger partial charge in [-0.1, -0.05) is 0 Å². The van der Waals surface area contributed by atoms with E-state index in [9.17, 15) is 14.0 Å². The third-order valence-corrected chi connectivity index (χ3v) is 2.04. The lowest BCUT2D eigenvalue weighted by Crippen LogP contribution is -2.12. The zero-order valence-corrected chi connectivity index (χ0v) is 7.75. The predicted octanol–water partition coefficient (Wildman–Crippen LogP) is 1.17. The van der Waals surface area contributed by atoms with Gasteiger partial charge in [0.25, 0.3) is 11.7 Å². The summed E-state index contributed by atoms with van der Waals surface area (Å²) >= 11 is 0. The van der Waals surface area contributed by atoms with Crippen molar-refractivity contribution in [3.05, 3.63) is 23.8 Å². The third-order valence-electron chi connectivity index (χ3n) is 2.04. The van der Waals surface area contributed by atoms with E-state index in [-0.39, 0.29) is 12.2 Å². The fourth-order valence-electron chi connectivity index (χ4n) is 1.37. The summed E-state index contributed by atoms with van der Waals surface area (Å²) in [5.74, 6) is -0.848. The highest BCUT2D eigenvalue weighted by molar-refractivity contribution is 6.51. The number of fused-ring (bicyclic) bond motifs is 1. The van der Waals surface area contributed by atoms with Crippen LogP contribution < -0.4 is 10.1 Å². The van der Waals surface area contributed by atoms with Gasteiger partial charge in [0.05, 0.1) is 11.3 Å². The summed E-state index contributed by atoms with van der Waals surface area (Å²) in [5.41, 5.74) is 0.744. The van der Waals surface area contributed by atoms with E-state index in [1.54, 1.807) is 12.1 Å². The number of ether oxygens (including phenoxy) is 1. The maximum Gasteiger partial charge on any atom is 0.296 e. The molecule has 4 nitrogen and oxygen atoms in total. The van der Waals surface area contributed by atoms with Crippen LogP contribution in [0.5, 0.6) is 5.75 Å². The largest absolute Gasteiger partial charge is 0.491 e. The van der Waals surface area contributed by atoms with Crippen LogP contribution in [-0.2, 0) is 4.79 Å². The highest BCUT2D eigenvalue weighted by Gasteiger charge is 2.28. The first-order valence-corrected chi connectivity index (χ1v) is 4.41. The van der Waals surface area contributed by atoms with E-state index in [0.29, 0.717) is 11.4 Å². The lowest BCUT2D eigenvalue weighted by molar-refractivity contribution is -0.112. The molecule has 1 N–H and O–H groups in total. The highest BCUT2D eigenvalue weighted by atomic mass is 19.1. The molecular formula is C10H8FNO3. The second-order valence-electron chi connectivity index (χ2n) is 3.03. The fraction of sp³-hybridized carbons (Fsp3) is 0.200. The van der Waals surface area contributed by atoms with Crippen LogP contribution in [0.15, 0.2) is 18.2 Å². The van der Waals surface area contributed by atoms with Crippen molar-refractivity contribution in [2.45, 2.75) is 0 Å². The number of benzene rings is 1.